The van der Waals surface area contributed by atoms with Gasteiger partial charge in [0.1, 0.15) is 0 Å². The van der Waals surface area contributed by atoms with Crippen molar-refractivity contribution in [3.63, 3.8) is 0 Å². The summed E-state index contributed by atoms with van der Waals surface area (Å²) in [6.07, 6.45) is 7.62. The number of nitrogens with one attached hydrogen (secondary N) is 1. The van der Waals surface area contributed by atoms with Crippen molar-refractivity contribution in [2.45, 2.75) is 32.7 Å². The number of benzene rings is 1. The van der Waals surface area contributed by atoms with Gasteiger partial charge in [0.25, 0.3) is 0 Å². The molecule has 18 heavy (non-hydrogen) atoms. The van der Waals surface area contributed by atoms with Gasteiger partial charge in [-0.2, -0.15) is 0 Å². The summed E-state index contributed by atoms with van der Waals surface area (Å²) in [7, 11) is 0. The summed E-state index contributed by atoms with van der Waals surface area (Å²) in [5.41, 5.74) is 2.63. The summed E-state index contributed by atoms with van der Waals surface area (Å²) < 4.78 is 1.35. The summed E-state index contributed by atoms with van der Waals surface area (Å²) >= 11 is 2.41. The molecule has 1 nitrogen and oxygen atoms in total. The third kappa shape index (κ3) is 2.31. The zero-order chi connectivity index (χ0) is 12.7. The maximum Gasteiger partial charge on any atom is 0.0353 e. The maximum atomic E-state index is 3.70. The highest BCUT2D eigenvalue weighted by molar-refractivity contribution is 14.1. The summed E-state index contributed by atoms with van der Waals surface area (Å²) in [5, 5.41) is 3.70. The van der Waals surface area contributed by atoms with E-state index < -0.39 is 0 Å². The minimum absolute atomic E-state index is 0.573. The molecule has 1 aromatic carbocycles. The number of fused-ring (bicyclic) bond motifs is 2. The van der Waals surface area contributed by atoms with E-state index in [0.29, 0.717) is 6.04 Å². The highest BCUT2D eigenvalue weighted by Crippen LogP contribution is 2.45. The van der Waals surface area contributed by atoms with Crippen molar-refractivity contribution in [3.8, 4) is 0 Å². The van der Waals surface area contributed by atoms with Gasteiger partial charge in [-0.15, -0.1) is 0 Å². The average Bonchev–Trinajstić information content (AvgIpc) is 2.96. The van der Waals surface area contributed by atoms with Crippen molar-refractivity contribution < 1.29 is 0 Å². The van der Waals surface area contributed by atoms with Crippen LogP contribution in [0.4, 0.5) is 5.69 Å². The summed E-state index contributed by atoms with van der Waals surface area (Å²) in [5.74, 6) is 2.50. The first-order valence-electron chi connectivity index (χ1n) is 6.84. The molecule has 0 aromatic heterocycles. The topological polar surface area (TPSA) is 12.0 Å². The number of aryl methyl sites for hydroxylation is 1. The minimum atomic E-state index is 0.573. The molecule has 1 aromatic rings. The van der Waals surface area contributed by atoms with Crippen LogP contribution in [0.15, 0.2) is 30.4 Å². The molecule has 0 radical (unpaired) electrons. The van der Waals surface area contributed by atoms with Crippen LogP contribution in [0.2, 0.25) is 0 Å². The highest BCUT2D eigenvalue weighted by atomic mass is 127. The van der Waals surface area contributed by atoms with Gasteiger partial charge in [0, 0.05) is 15.3 Å². The van der Waals surface area contributed by atoms with Crippen LogP contribution in [0.1, 0.15) is 25.3 Å². The molecule has 4 unspecified atom stereocenters. The lowest BCUT2D eigenvalue weighted by atomic mass is 9.87. The van der Waals surface area contributed by atoms with Crippen LogP contribution < -0.4 is 5.32 Å². The maximum absolute atomic E-state index is 3.70. The molecule has 0 saturated heterocycles. The average molecular weight is 353 g/mol. The van der Waals surface area contributed by atoms with Gasteiger partial charge in [-0.05, 0) is 84.7 Å². The first-order chi connectivity index (χ1) is 8.63. The van der Waals surface area contributed by atoms with Crippen LogP contribution in [-0.4, -0.2) is 6.04 Å². The molecule has 2 heteroatoms. The second-order valence-electron chi connectivity index (χ2n) is 5.84. The number of anilines is 1. The van der Waals surface area contributed by atoms with E-state index >= 15 is 0 Å². The Morgan fingerprint density at radius 1 is 1.28 bits per heavy atom. The van der Waals surface area contributed by atoms with Crippen molar-refractivity contribution >= 4 is 28.3 Å². The zero-order valence-corrected chi connectivity index (χ0v) is 13.1. The molecule has 2 aliphatic rings. The Morgan fingerprint density at radius 2 is 2.11 bits per heavy atom. The Kier molecular flexibility index (Phi) is 3.39. The molecule has 1 fully saturated rings. The Morgan fingerprint density at radius 3 is 2.72 bits per heavy atom. The van der Waals surface area contributed by atoms with E-state index in [1.807, 2.05) is 0 Å². The molecule has 1 N–H and O–H groups in total. The van der Waals surface area contributed by atoms with Crippen LogP contribution in [-0.2, 0) is 0 Å². The number of halogens is 1. The van der Waals surface area contributed by atoms with Crippen LogP contribution in [0.3, 0.4) is 0 Å². The van der Waals surface area contributed by atoms with E-state index in [-0.39, 0.29) is 0 Å². The number of hydrogen-bond acceptors (Lipinski definition) is 1. The number of allylic oxidation sites excluding steroid dienone is 2. The monoisotopic (exact) mass is 353 g/mol. The third-order valence-electron chi connectivity index (χ3n) is 4.54. The predicted octanol–water partition coefficient (Wildman–Crippen LogP) is 4.61. The fraction of sp³-hybridized carbons (Fsp3) is 0.500. The van der Waals surface area contributed by atoms with Gasteiger partial charge in [-0.1, -0.05) is 18.2 Å². The summed E-state index contributed by atoms with van der Waals surface area (Å²) in [4.78, 5) is 0. The molecule has 1 saturated carbocycles. The molecule has 0 spiro atoms. The van der Waals surface area contributed by atoms with Crippen molar-refractivity contribution in [3.05, 3.63) is 39.5 Å². The standard InChI is InChI=1S/C16H20IN/c1-10-3-6-14(9-16(10)17)18-11(2)15-8-12-4-5-13(15)7-12/h3-6,9,11-13,15,18H,7-8H2,1-2H3. The Labute approximate surface area is 123 Å². The molecule has 0 heterocycles. The molecule has 3 rings (SSSR count). The third-order valence-corrected chi connectivity index (χ3v) is 5.70. The van der Waals surface area contributed by atoms with Gasteiger partial charge in [-0.3, -0.25) is 0 Å². The van der Waals surface area contributed by atoms with Crippen LogP contribution >= 0.6 is 22.6 Å². The second-order valence-corrected chi connectivity index (χ2v) is 7.00. The molecule has 2 bridgehead atoms. The number of rotatable bonds is 3. The van der Waals surface area contributed by atoms with Gasteiger partial charge in [0.05, 0.1) is 0 Å². The SMILES string of the molecule is Cc1ccc(NC(C)C2CC3C=CC2C3)cc1I. The lowest BCUT2D eigenvalue weighted by molar-refractivity contribution is 0.400. The molecule has 96 valence electrons. The number of hydrogen-bond donors (Lipinski definition) is 1. The Bertz CT molecular complexity index is 480. The zero-order valence-electron chi connectivity index (χ0n) is 11.0. The molecule has 2 aliphatic carbocycles. The van der Waals surface area contributed by atoms with E-state index in [1.165, 1.54) is 27.7 Å². The summed E-state index contributed by atoms with van der Waals surface area (Å²) in [6.45, 7) is 4.50. The predicted molar refractivity (Wildman–Crippen MR) is 85.8 cm³/mol. The van der Waals surface area contributed by atoms with Crippen LogP contribution in [0.25, 0.3) is 0 Å². The van der Waals surface area contributed by atoms with E-state index in [2.05, 4.69) is 72.1 Å². The van der Waals surface area contributed by atoms with Gasteiger partial charge < -0.3 is 5.32 Å². The Hall–Kier alpha value is -0.510. The van der Waals surface area contributed by atoms with E-state index in [4.69, 9.17) is 0 Å². The molecule has 4 atom stereocenters. The smallest absolute Gasteiger partial charge is 0.0353 e. The Balaban J connectivity index is 1.69. The van der Waals surface area contributed by atoms with Gasteiger partial charge in [-0.25, -0.2) is 0 Å². The van der Waals surface area contributed by atoms with E-state index in [1.54, 1.807) is 0 Å². The van der Waals surface area contributed by atoms with Crippen LogP contribution in [0, 0.1) is 28.2 Å². The van der Waals surface area contributed by atoms with Crippen LogP contribution in [0.5, 0.6) is 0 Å². The first kappa shape index (κ1) is 12.5. The fourth-order valence-corrected chi connectivity index (χ4v) is 3.97. The summed E-state index contributed by atoms with van der Waals surface area (Å²) in [6, 6.07) is 7.24. The van der Waals surface area contributed by atoms with Crippen molar-refractivity contribution in [1.82, 2.24) is 0 Å². The normalized spacial score (nSPS) is 30.7. The quantitative estimate of drug-likeness (QED) is 0.618. The van der Waals surface area contributed by atoms with Gasteiger partial charge >= 0.3 is 0 Å². The van der Waals surface area contributed by atoms with E-state index in [0.717, 1.165) is 17.8 Å². The molecular weight excluding hydrogens is 333 g/mol. The lowest BCUT2D eigenvalue weighted by Gasteiger charge is -2.27. The molecule has 0 aliphatic heterocycles. The first-order valence-corrected chi connectivity index (χ1v) is 7.92. The largest absolute Gasteiger partial charge is 0.382 e. The van der Waals surface area contributed by atoms with Gasteiger partial charge in [0.2, 0.25) is 0 Å². The second kappa shape index (κ2) is 4.87. The molecular formula is C16H20IN. The highest BCUT2D eigenvalue weighted by Gasteiger charge is 2.38. The lowest BCUT2D eigenvalue weighted by Crippen LogP contribution is -2.28. The molecule has 0 amide bonds. The van der Waals surface area contributed by atoms with Gasteiger partial charge in [0.15, 0.2) is 0 Å². The van der Waals surface area contributed by atoms with E-state index in [9.17, 15) is 0 Å². The van der Waals surface area contributed by atoms with Crippen molar-refractivity contribution in [2.24, 2.45) is 17.8 Å². The fourth-order valence-electron chi connectivity index (χ4n) is 3.45. The van der Waals surface area contributed by atoms with Crippen molar-refractivity contribution in [2.75, 3.05) is 5.32 Å². The van der Waals surface area contributed by atoms with Crippen molar-refractivity contribution in [1.29, 1.82) is 0 Å². The minimum Gasteiger partial charge on any atom is -0.382 e.